The second-order valence-corrected chi connectivity index (χ2v) is 14.4. The van der Waals surface area contributed by atoms with Crippen molar-refractivity contribution in [2.75, 3.05) is 0 Å². The van der Waals surface area contributed by atoms with Crippen molar-refractivity contribution in [2.45, 2.75) is 0 Å². The summed E-state index contributed by atoms with van der Waals surface area (Å²) >= 11 is 0. The van der Waals surface area contributed by atoms with Crippen molar-refractivity contribution in [1.82, 2.24) is 14.5 Å². The molecular weight excluding hydrogens is 709 g/mol. The number of benzene rings is 8. The van der Waals surface area contributed by atoms with Crippen molar-refractivity contribution >= 4 is 43.7 Å². The fraction of sp³-hybridized carbons (Fsp3) is 0. The molecule has 270 valence electrons. The Labute approximate surface area is 334 Å². The summed E-state index contributed by atoms with van der Waals surface area (Å²) in [4.78, 5) is 10.6. The van der Waals surface area contributed by atoms with Gasteiger partial charge in [-0.25, -0.2) is 9.97 Å². The lowest BCUT2D eigenvalue weighted by molar-refractivity contribution is 0.672. The molecule has 3 heterocycles. The third-order valence-electron chi connectivity index (χ3n) is 11.1. The van der Waals surface area contributed by atoms with Crippen molar-refractivity contribution in [3.8, 4) is 67.9 Å². The van der Waals surface area contributed by atoms with Gasteiger partial charge in [0.2, 0.25) is 0 Å². The molecule has 11 rings (SSSR count). The Kier molecular flexibility index (Phi) is 7.80. The first-order valence-corrected chi connectivity index (χ1v) is 19.3. The lowest BCUT2D eigenvalue weighted by Crippen LogP contribution is -2.05. The molecule has 0 fully saturated rings. The van der Waals surface area contributed by atoms with Crippen molar-refractivity contribution in [2.24, 2.45) is 0 Å². The fourth-order valence-corrected chi connectivity index (χ4v) is 8.49. The van der Waals surface area contributed by atoms with Gasteiger partial charge in [0.15, 0.2) is 11.4 Å². The maximum Gasteiger partial charge on any atom is 0.162 e. The van der Waals surface area contributed by atoms with Crippen LogP contribution in [0, 0.1) is 11.3 Å². The first-order valence-electron chi connectivity index (χ1n) is 19.3. The van der Waals surface area contributed by atoms with E-state index in [1.165, 1.54) is 0 Å². The van der Waals surface area contributed by atoms with Crippen LogP contribution in [0.2, 0.25) is 0 Å². The van der Waals surface area contributed by atoms with Gasteiger partial charge < -0.3 is 8.98 Å². The number of rotatable bonds is 6. The molecule has 5 nitrogen and oxygen atoms in total. The summed E-state index contributed by atoms with van der Waals surface area (Å²) < 4.78 is 9.48. The van der Waals surface area contributed by atoms with Crippen LogP contribution in [-0.4, -0.2) is 14.5 Å². The zero-order chi connectivity index (χ0) is 38.6. The zero-order valence-corrected chi connectivity index (χ0v) is 31.2. The van der Waals surface area contributed by atoms with Crippen LogP contribution in [0.1, 0.15) is 5.56 Å². The second-order valence-electron chi connectivity index (χ2n) is 14.4. The first kappa shape index (κ1) is 33.3. The van der Waals surface area contributed by atoms with E-state index in [2.05, 4.69) is 132 Å². The average molecular weight is 741 g/mol. The third-order valence-corrected chi connectivity index (χ3v) is 11.1. The number of nitrogens with zero attached hydrogens (tertiary/aromatic N) is 4. The Bertz CT molecular complexity index is 3320. The predicted octanol–water partition coefficient (Wildman–Crippen LogP) is 13.7. The molecule has 0 unspecified atom stereocenters. The van der Waals surface area contributed by atoms with E-state index in [-0.39, 0.29) is 0 Å². The molecule has 0 aliphatic rings. The van der Waals surface area contributed by atoms with Gasteiger partial charge in [0.25, 0.3) is 0 Å². The smallest absolute Gasteiger partial charge is 0.162 e. The summed E-state index contributed by atoms with van der Waals surface area (Å²) in [5.41, 5.74) is 12.8. The summed E-state index contributed by atoms with van der Waals surface area (Å²) in [5, 5.41) is 15.0. The SMILES string of the molecule is N#Cc1c(-c2ccccc2)nc(-c2cccc(-c3ccccc3)c2-n2c3ccccc3c3ccc4c5cccc(-c6ccccc6)c5oc4c32)nc1-c1ccccc1. The Morgan fingerprint density at radius 1 is 0.414 bits per heavy atom. The lowest BCUT2D eigenvalue weighted by Gasteiger charge is -2.19. The molecule has 0 spiro atoms. The van der Waals surface area contributed by atoms with Crippen molar-refractivity contribution < 1.29 is 4.42 Å². The van der Waals surface area contributed by atoms with Crippen molar-refractivity contribution in [3.05, 3.63) is 200 Å². The molecule has 0 atom stereocenters. The topological polar surface area (TPSA) is 67.6 Å². The Hall–Kier alpha value is -8.07. The van der Waals surface area contributed by atoms with Crippen molar-refractivity contribution in [3.63, 3.8) is 0 Å². The quantitative estimate of drug-likeness (QED) is 0.170. The van der Waals surface area contributed by atoms with Gasteiger partial charge in [-0.3, -0.25) is 0 Å². The van der Waals surface area contributed by atoms with E-state index in [0.29, 0.717) is 22.8 Å². The summed E-state index contributed by atoms with van der Waals surface area (Å²) in [6, 6.07) is 68.9. The normalized spacial score (nSPS) is 11.4. The van der Waals surface area contributed by atoms with Gasteiger partial charge in [0.05, 0.1) is 28.1 Å². The predicted molar refractivity (Wildman–Crippen MR) is 236 cm³/mol. The molecule has 0 saturated heterocycles. The molecular formula is C53H32N4O. The molecule has 0 radical (unpaired) electrons. The Morgan fingerprint density at radius 3 is 1.53 bits per heavy atom. The molecule has 0 amide bonds. The molecule has 0 aliphatic heterocycles. The molecule has 0 N–H and O–H groups in total. The Morgan fingerprint density at radius 2 is 0.897 bits per heavy atom. The van der Waals surface area contributed by atoms with Crippen LogP contribution >= 0.6 is 0 Å². The average Bonchev–Trinajstić information content (AvgIpc) is 3.85. The maximum absolute atomic E-state index is 10.7. The van der Waals surface area contributed by atoms with Crippen LogP contribution in [0.3, 0.4) is 0 Å². The minimum absolute atomic E-state index is 0.428. The number of fused-ring (bicyclic) bond motifs is 7. The summed E-state index contributed by atoms with van der Waals surface area (Å²) in [5.74, 6) is 0.513. The van der Waals surface area contributed by atoms with Crippen LogP contribution in [0.4, 0.5) is 0 Å². The molecule has 3 aromatic heterocycles. The van der Waals surface area contributed by atoms with Gasteiger partial charge in [0, 0.05) is 49.4 Å². The largest absolute Gasteiger partial charge is 0.453 e. The molecule has 8 aromatic carbocycles. The Balaban J connectivity index is 1.30. The van der Waals surface area contributed by atoms with Gasteiger partial charge in [-0.2, -0.15) is 5.26 Å². The van der Waals surface area contributed by atoms with Crippen LogP contribution in [0.5, 0.6) is 0 Å². The minimum Gasteiger partial charge on any atom is -0.453 e. The van der Waals surface area contributed by atoms with Gasteiger partial charge >= 0.3 is 0 Å². The highest BCUT2D eigenvalue weighted by Crippen LogP contribution is 2.46. The van der Waals surface area contributed by atoms with Crippen LogP contribution in [-0.2, 0) is 0 Å². The van der Waals surface area contributed by atoms with E-state index in [0.717, 1.165) is 88.4 Å². The van der Waals surface area contributed by atoms with E-state index in [4.69, 9.17) is 14.4 Å². The number of furan rings is 1. The van der Waals surface area contributed by atoms with Gasteiger partial charge in [-0.15, -0.1) is 0 Å². The third kappa shape index (κ3) is 5.24. The molecule has 0 aliphatic carbocycles. The van der Waals surface area contributed by atoms with Crippen LogP contribution in [0.25, 0.3) is 106 Å². The van der Waals surface area contributed by atoms with Gasteiger partial charge in [-0.05, 0) is 29.3 Å². The standard InChI is InChI=1S/C53H32N4O/c54-33-45-47(36-21-9-3-10-22-36)55-53(56-48(45)37-23-11-4-12-24-37)44-29-15-26-38(34-17-5-1-6-18-34)49(44)57-46-30-14-13-25-40(46)41-31-32-43-42-28-16-27-39(35-19-7-2-8-20-35)51(42)58-52(43)50(41)57/h1-32H. The summed E-state index contributed by atoms with van der Waals surface area (Å²) in [7, 11) is 0. The van der Waals surface area contributed by atoms with E-state index < -0.39 is 0 Å². The van der Waals surface area contributed by atoms with Crippen LogP contribution in [0.15, 0.2) is 199 Å². The van der Waals surface area contributed by atoms with E-state index in [9.17, 15) is 5.26 Å². The second kappa shape index (κ2) is 13.6. The van der Waals surface area contributed by atoms with Crippen molar-refractivity contribution in [1.29, 1.82) is 5.26 Å². The molecule has 0 bridgehead atoms. The van der Waals surface area contributed by atoms with Gasteiger partial charge in [-0.1, -0.05) is 176 Å². The minimum atomic E-state index is 0.428. The summed E-state index contributed by atoms with van der Waals surface area (Å²) in [6.45, 7) is 0. The highest BCUT2D eigenvalue weighted by Gasteiger charge is 2.26. The monoisotopic (exact) mass is 740 g/mol. The van der Waals surface area contributed by atoms with Gasteiger partial charge in [0.1, 0.15) is 17.2 Å². The fourth-order valence-electron chi connectivity index (χ4n) is 8.49. The van der Waals surface area contributed by atoms with Crippen LogP contribution < -0.4 is 0 Å². The molecule has 58 heavy (non-hydrogen) atoms. The summed E-state index contributed by atoms with van der Waals surface area (Å²) in [6.07, 6.45) is 0. The molecule has 11 aromatic rings. The maximum atomic E-state index is 10.7. The number of aromatic nitrogens is 3. The first-order chi connectivity index (χ1) is 28.8. The molecule has 0 saturated carbocycles. The number of nitriles is 1. The number of hydrogen-bond donors (Lipinski definition) is 0. The van der Waals surface area contributed by atoms with E-state index >= 15 is 0 Å². The highest BCUT2D eigenvalue weighted by molar-refractivity contribution is 6.23. The zero-order valence-electron chi connectivity index (χ0n) is 31.2. The lowest BCUT2D eigenvalue weighted by atomic mass is 9.97. The van der Waals surface area contributed by atoms with E-state index in [1.807, 2.05) is 72.8 Å². The molecule has 5 heteroatoms. The van der Waals surface area contributed by atoms with E-state index in [1.54, 1.807) is 0 Å². The number of hydrogen-bond acceptors (Lipinski definition) is 4. The highest BCUT2D eigenvalue weighted by atomic mass is 16.3. The number of para-hydroxylation sites is 3.